The minimum atomic E-state index is -0.244. The average Bonchev–Trinajstić information content (AvgIpc) is 2.28. The predicted octanol–water partition coefficient (Wildman–Crippen LogP) is 3.40. The monoisotopic (exact) mass is 303 g/mol. The van der Waals surface area contributed by atoms with Crippen LogP contribution in [0.3, 0.4) is 0 Å². The van der Waals surface area contributed by atoms with Crippen LogP contribution < -0.4 is 5.32 Å². The Balaban J connectivity index is 2.49. The first-order valence-electron chi connectivity index (χ1n) is 5.91. The molecule has 2 nitrogen and oxygen atoms in total. The second-order valence-electron chi connectivity index (χ2n) is 4.19. The van der Waals surface area contributed by atoms with Gasteiger partial charge in [0, 0.05) is 10.5 Å². The van der Waals surface area contributed by atoms with Crippen LogP contribution in [0.1, 0.15) is 38.3 Å². The minimum absolute atomic E-state index is 0.133. The highest BCUT2D eigenvalue weighted by molar-refractivity contribution is 9.10. The summed E-state index contributed by atoms with van der Waals surface area (Å²) in [5.74, 6) is -0.241. The van der Waals surface area contributed by atoms with Crippen molar-refractivity contribution in [2.24, 2.45) is 0 Å². The maximum Gasteiger partial charge on any atom is 0.124 e. The topological polar surface area (TPSA) is 32.3 Å². The van der Waals surface area contributed by atoms with Gasteiger partial charge in [-0.05, 0) is 44.0 Å². The van der Waals surface area contributed by atoms with Gasteiger partial charge in [-0.2, -0.15) is 0 Å². The second kappa shape index (κ2) is 7.09. The lowest BCUT2D eigenvalue weighted by Gasteiger charge is -2.17. The van der Waals surface area contributed by atoms with E-state index in [1.54, 1.807) is 6.07 Å². The van der Waals surface area contributed by atoms with Crippen LogP contribution in [0, 0.1) is 5.82 Å². The van der Waals surface area contributed by atoms with E-state index in [-0.39, 0.29) is 18.0 Å². The van der Waals surface area contributed by atoms with Crippen LogP contribution in [-0.4, -0.2) is 17.8 Å². The zero-order valence-corrected chi connectivity index (χ0v) is 11.8. The fraction of sp³-hybridized carbons (Fsp3) is 0.538. The molecule has 0 aliphatic heterocycles. The molecular weight excluding hydrogens is 285 g/mol. The molecule has 0 amide bonds. The first-order valence-corrected chi connectivity index (χ1v) is 6.70. The van der Waals surface area contributed by atoms with Crippen LogP contribution in [-0.2, 0) is 0 Å². The van der Waals surface area contributed by atoms with E-state index in [1.807, 2.05) is 13.8 Å². The van der Waals surface area contributed by atoms with Crippen molar-refractivity contribution in [1.82, 2.24) is 5.32 Å². The van der Waals surface area contributed by atoms with E-state index in [0.717, 1.165) is 29.4 Å². The van der Waals surface area contributed by atoms with E-state index in [9.17, 15) is 9.50 Å². The first-order chi connectivity index (χ1) is 8.04. The maximum atomic E-state index is 12.9. The summed E-state index contributed by atoms with van der Waals surface area (Å²) in [6.07, 6.45) is 1.27. The molecule has 96 valence electrons. The van der Waals surface area contributed by atoms with Gasteiger partial charge in [-0.25, -0.2) is 4.39 Å². The molecule has 2 N–H and O–H groups in total. The van der Waals surface area contributed by atoms with Crippen LogP contribution in [0.2, 0.25) is 0 Å². The predicted molar refractivity (Wildman–Crippen MR) is 71.4 cm³/mol. The van der Waals surface area contributed by atoms with Crippen molar-refractivity contribution < 1.29 is 9.50 Å². The van der Waals surface area contributed by atoms with E-state index in [0.29, 0.717) is 0 Å². The molecule has 0 aromatic heterocycles. The SMILES string of the molecule is CCC(O)CCNC(C)c1ccc(F)cc1Br. The molecule has 0 aliphatic rings. The van der Waals surface area contributed by atoms with Crippen molar-refractivity contribution in [2.45, 2.75) is 38.8 Å². The van der Waals surface area contributed by atoms with Gasteiger partial charge in [-0.3, -0.25) is 0 Å². The third-order valence-corrected chi connectivity index (χ3v) is 3.52. The van der Waals surface area contributed by atoms with Gasteiger partial charge in [-0.1, -0.05) is 28.9 Å². The fourth-order valence-electron chi connectivity index (χ4n) is 1.63. The van der Waals surface area contributed by atoms with E-state index in [1.165, 1.54) is 12.1 Å². The van der Waals surface area contributed by atoms with Gasteiger partial charge in [0.2, 0.25) is 0 Å². The number of aliphatic hydroxyl groups excluding tert-OH is 1. The van der Waals surface area contributed by atoms with Crippen LogP contribution in [0.4, 0.5) is 4.39 Å². The van der Waals surface area contributed by atoms with Crippen molar-refractivity contribution in [3.8, 4) is 0 Å². The molecule has 2 atom stereocenters. The third kappa shape index (κ3) is 4.74. The molecule has 0 saturated carbocycles. The molecule has 2 unspecified atom stereocenters. The van der Waals surface area contributed by atoms with Crippen molar-refractivity contribution in [2.75, 3.05) is 6.54 Å². The molecule has 0 fully saturated rings. The molecule has 1 aromatic rings. The van der Waals surface area contributed by atoms with Crippen LogP contribution in [0.5, 0.6) is 0 Å². The van der Waals surface area contributed by atoms with Crippen molar-refractivity contribution in [1.29, 1.82) is 0 Å². The number of aliphatic hydroxyl groups is 1. The second-order valence-corrected chi connectivity index (χ2v) is 5.05. The number of benzene rings is 1. The van der Waals surface area contributed by atoms with Gasteiger partial charge in [-0.15, -0.1) is 0 Å². The zero-order chi connectivity index (χ0) is 12.8. The Kier molecular flexibility index (Phi) is 6.09. The molecule has 1 aromatic carbocycles. The smallest absolute Gasteiger partial charge is 0.124 e. The van der Waals surface area contributed by atoms with E-state index < -0.39 is 0 Å². The van der Waals surface area contributed by atoms with Gasteiger partial charge < -0.3 is 10.4 Å². The van der Waals surface area contributed by atoms with Crippen molar-refractivity contribution >= 4 is 15.9 Å². The number of halogens is 2. The summed E-state index contributed by atoms with van der Waals surface area (Å²) in [5.41, 5.74) is 1.03. The lowest BCUT2D eigenvalue weighted by Crippen LogP contribution is -2.23. The molecular formula is C13H19BrFNO. The van der Waals surface area contributed by atoms with E-state index in [2.05, 4.69) is 21.2 Å². The highest BCUT2D eigenvalue weighted by Crippen LogP contribution is 2.24. The van der Waals surface area contributed by atoms with E-state index in [4.69, 9.17) is 0 Å². The number of hydrogen-bond acceptors (Lipinski definition) is 2. The zero-order valence-electron chi connectivity index (χ0n) is 10.2. The summed E-state index contributed by atoms with van der Waals surface area (Å²) in [6.45, 7) is 4.74. The van der Waals surface area contributed by atoms with Gasteiger partial charge in [0.15, 0.2) is 0 Å². The Labute approximate surface area is 110 Å². The van der Waals surface area contributed by atoms with Crippen LogP contribution >= 0.6 is 15.9 Å². The Morgan fingerprint density at radius 1 is 1.47 bits per heavy atom. The Hall–Kier alpha value is -0.450. The molecule has 17 heavy (non-hydrogen) atoms. The molecule has 0 radical (unpaired) electrons. The lowest BCUT2D eigenvalue weighted by atomic mass is 10.1. The summed E-state index contributed by atoms with van der Waals surface area (Å²) in [5, 5.41) is 12.7. The highest BCUT2D eigenvalue weighted by atomic mass is 79.9. The summed E-state index contributed by atoms with van der Waals surface area (Å²) >= 11 is 3.35. The summed E-state index contributed by atoms with van der Waals surface area (Å²) in [7, 11) is 0. The first kappa shape index (κ1) is 14.6. The summed E-state index contributed by atoms with van der Waals surface area (Å²) < 4.78 is 13.7. The third-order valence-electron chi connectivity index (χ3n) is 2.83. The van der Waals surface area contributed by atoms with Crippen LogP contribution in [0.15, 0.2) is 22.7 Å². The maximum absolute atomic E-state index is 12.9. The minimum Gasteiger partial charge on any atom is -0.393 e. The molecule has 0 spiro atoms. The number of hydrogen-bond donors (Lipinski definition) is 2. The summed E-state index contributed by atoms with van der Waals surface area (Å²) in [6, 6.07) is 4.83. The van der Waals surface area contributed by atoms with E-state index >= 15 is 0 Å². The van der Waals surface area contributed by atoms with Crippen molar-refractivity contribution in [3.05, 3.63) is 34.1 Å². The Morgan fingerprint density at radius 2 is 2.18 bits per heavy atom. The molecule has 4 heteroatoms. The summed E-state index contributed by atoms with van der Waals surface area (Å²) in [4.78, 5) is 0. The van der Waals surface area contributed by atoms with Crippen LogP contribution in [0.25, 0.3) is 0 Å². The molecule has 0 bridgehead atoms. The average molecular weight is 304 g/mol. The number of rotatable bonds is 6. The van der Waals surface area contributed by atoms with Gasteiger partial charge in [0.1, 0.15) is 5.82 Å². The molecule has 0 saturated heterocycles. The molecule has 1 rings (SSSR count). The standard InChI is InChI=1S/C13H19BrFNO/c1-3-11(17)6-7-16-9(2)12-5-4-10(15)8-13(12)14/h4-5,8-9,11,16-17H,3,6-7H2,1-2H3. The molecule has 0 heterocycles. The Morgan fingerprint density at radius 3 is 2.76 bits per heavy atom. The quantitative estimate of drug-likeness (QED) is 0.844. The largest absolute Gasteiger partial charge is 0.393 e. The highest BCUT2D eigenvalue weighted by Gasteiger charge is 2.10. The fourth-order valence-corrected chi connectivity index (χ4v) is 2.33. The number of nitrogens with one attached hydrogen (secondary N) is 1. The molecule has 0 aliphatic carbocycles. The van der Waals surface area contributed by atoms with Crippen molar-refractivity contribution in [3.63, 3.8) is 0 Å². The normalized spacial score (nSPS) is 14.6. The van der Waals surface area contributed by atoms with Gasteiger partial charge in [0.25, 0.3) is 0 Å². The van der Waals surface area contributed by atoms with Gasteiger partial charge in [0.05, 0.1) is 6.10 Å². The van der Waals surface area contributed by atoms with Gasteiger partial charge >= 0.3 is 0 Å². The lowest BCUT2D eigenvalue weighted by molar-refractivity contribution is 0.159. The Bertz CT molecular complexity index is 359.